The van der Waals surface area contributed by atoms with Gasteiger partial charge in [-0.2, -0.15) is 0 Å². The number of anilines is 2. The summed E-state index contributed by atoms with van der Waals surface area (Å²) in [5.41, 5.74) is 7.20. The van der Waals surface area contributed by atoms with Crippen molar-refractivity contribution in [2.75, 3.05) is 30.8 Å². The van der Waals surface area contributed by atoms with Crippen LogP contribution in [0.2, 0.25) is 0 Å². The highest BCUT2D eigenvalue weighted by Gasteiger charge is 2.26. The van der Waals surface area contributed by atoms with Gasteiger partial charge in [0.15, 0.2) is 0 Å². The largest absolute Gasteiger partial charge is 0.383 e. The molecule has 0 spiro atoms. The quantitative estimate of drug-likeness (QED) is 0.893. The van der Waals surface area contributed by atoms with Gasteiger partial charge in [0, 0.05) is 30.6 Å². The topological polar surface area (TPSA) is 67.1 Å². The zero-order valence-electron chi connectivity index (χ0n) is 13.2. The van der Waals surface area contributed by atoms with Crippen molar-refractivity contribution in [2.45, 2.75) is 57.4 Å². The van der Waals surface area contributed by atoms with Gasteiger partial charge in [0.05, 0.1) is 0 Å². The van der Waals surface area contributed by atoms with Gasteiger partial charge in [0.25, 0.3) is 0 Å². The summed E-state index contributed by atoms with van der Waals surface area (Å²) in [6, 6.07) is 0.554. The van der Waals surface area contributed by atoms with Crippen molar-refractivity contribution in [3.63, 3.8) is 0 Å². The Balaban J connectivity index is 1.87. The first-order chi connectivity index (χ1) is 10.2. The van der Waals surface area contributed by atoms with Gasteiger partial charge in [0.2, 0.25) is 0 Å². The Hall–Kier alpha value is -1.36. The van der Waals surface area contributed by atoms with Gasteiger partial charge in [-0.3, -0.25) is 0 Å². The molecule has 0 bridgehead atoms. The van der Waals surface area contributed by atoms with Gasteiger partial charge in [-0.15, -0.1) is 0 Å². The second kappa shape index (κ2) is 6.18. The molecule has 1 atom stereocenters. The van der Waals surface area contributed by atoms with Crippen molar-refractivity contribution >= 4 is 11.6 Å². The van der Waals surface area contributed by atoms with Gasteiger partial charge >= 0.3 is 0 Å². The second-order valence-electron chi connectivity index (χ2n) is 6.47. The summed E-state index contributed by atoms with van der Waals surface area (Å²) < 4.78 is 0. The molecule has 3 N–H and O–H groups in total. The highest BCUT2D eigenvalue weighted by atomic mass is 15.2. The Kier molecular flexibility index (Phi) is 4.29. The van der Waals surface area contributed by atoms with Crippen LogP contribution >= 0.6 is 0 Å². The van der Waals surface area contributed by atoms with Crippen LogP contribution in [-0.2, 0) is 0 Å². The number of nitrogen functional groups attached to an aromatic ring is 1. The fourth-order valence-electron chi connectivity index (χ4n) is 3.58. The Bertz CT molecular complexity index is 496. The minimum atomic E-state index is 0.503. The van der Waals surface area contributed by atoms with Gasteiger partial charge in [-0.05, 0) is 33.2 Å². The summed E-state index contributed by atoms with van der Waals surface area (Å²) in [5, 5.41) is 3.36. The van der Waals surface area contributed by atoms with Crippen molar-refractivity contribution in [3.8, 4) is 0 Å². The van der Waals surface area contributed by atoms with E-state index in [1.165, 1.54) is 38.5 Å². The van der Waals surface area contributed by atoms with E-state index in [2.05, 4.69) is 15.2 Å². The van der Waals surface area contributed by atoms with E-state index in [4.69, 9.17) is 10.7 Å². The van der Waals surface area contributed by atoms with E-state index in [0.29, 0.717) is 17.8 Å². The Morgan fingerprint density at radius 2 is 1.90 bits per heavy atom. The molecule has 5 heteroatoms. The first kappa shape index (κ1) is 14.6. The molecule has 1 saturated heterocycles. The molecule has 2 aliphatic rings. The minimum Gasteiger partial charge on any atom is -0.383 e. The van der Waals surface area contributed by atoms with Gasteiger partial charge in [0.1, 0.15) is 17.5 Å². The number of hydrogen-bond donors (Lipinski definition) is 2. The third-order valence-electron chi connectivity index (χ3n) is 5.04. The summed E-state index contributed by atoms with van der Waals surface area (Å²) in [4.78, 5) is 11.9. The Morgan fingerprint density at radius 3 is 2.57 bits per heavy atom. The molecule has 1 aromatic rings. The molecule has 1 aliphatic carbocycles. The van der Waals surface area contributed by atoms with Crippen LogP contribution in [0.1, 0.15) is 55.8 Å². The zero-order valence-corrected chi connectivity index (χ0v) is 13.2. The maximum absolute atomic E-state index is 6.17. The number of likely N-dealkylation sites (N-methyl/N-ethyl adjacent to an activating group) is 1. The molecule has 116 valence electrons. The molecule has 2 heterocycles. The van der Waals surface area contributed by atoms with E-state index in [-0.39, 0.29) is 0 Å². The fourth-order valence-corrected chi connectivity index (χ4v) is 3.58. The maximum atomic E-state index is 6.17. The van der Waals surface area contributed by atoms with Gasteiger partial charge in [-0.25, -0.2) is 9.97 Å². The number of rotatable bonds is 3. The van der Waals surface area contributed by atoms with Crippen LogP contribution in [0, 0.1) is 6.92 Å². The van der Waals surface area contributed by atoms with Crippen LogP contribution < -0.4 is 16.0 Å². The lowest BCUT2D eigenvalue weighted by Crippen LogP contribution is -2.30. The molecule has 0 amide bonds. The van der Waals surface area contributed by atoms with E-state index in [0.717, 1.165) is 30.3 Å². The third kappa shape index (κ3) is 2.98. The normalized spacial score (nSPS) is 23.7. The highest BCUT2D eigenvalue weighted by molar-refractivity contribution is 5.57. The van der Waals surface area contributed by atoms with Crippen LogP contribution in [0.25, 0.3) is 0 Å². The summed E-state index contributed by atoms with van der Waals surface area (Å²) in [5.74, 6) is 3.19. The first-order valence-corrected chi connectivity index (χ1v) is 8.25. The van der Waals surface area contributed by atoms with Crippen molar-refractivity contribution in [1.29, 1.82) is 0 Å². The van der Waals surface area contributed by atoms with Crippen LogP contribution in [-0.4, -0.2) is 36.1 Å². The summed E-state index contributed by atoms with van der Waals surface area (Å²) >= 11 is 0. The van der Waals surface area contributed by atoms with Crippen molar-refractivity contribution < 1.29 is 0 Å². The monoisotopic (exact) mass is 289 g/mol. The number of nitrogens with zero attached hydrogens (tertiary/aromatic N) is 3. The summed E-state index contributed by atoms with van der Waals surface area (Å²) in [6.45, 7) is 4.10. The van der Waals surface area contributed by atoms with E-state index in [9.17, 15) is 0 Å². The Morgan fingerprint density at radius 1 is 1.14 bits per heavy atom. The predicted octanol–water partition coefficient (Wildman–Crippen LogP) is 2.21. The van der Waals surface area contributed by atoms with Crippen LogP contribution in [0.3, 0.4) is 0 Å². The van der Waals surface area contributed by atoms with Crippen LogP contribution in [0.4, 0.5) is 11.6 Å². The molecule has 0 aromatic carbocycles. The average molecular weight is 289 g/mol. The molecule has 0 radical (unpaired) electrons. The first-order valence-electron chi connectivity index (χ1n) is 8.25. The van der Waals surface area contributed by atoms with Crippen LogP contribution in [0.5, 0.6) is 0 Å². The van der Waals surface area contributed by atoms with Crippen molar-refractivity contribution in [3.05, 3.63) is 11.4 Å². The van der Waals surface area contributed by atoms with E-state index < -0.39 is 0 Å². The van der Waals surface area contributed by atoms with Gasteiger partial charge < -0.3 is 16.0 Å². The van der Waals surface area contributed by atoms with E-state index in [1.54, 1.807) is 0 Å². The molecular weight excluding hydrogens is 262 g/mol. The lowest BCUT2D eigenvalue weighted by molar-refractivity contribution is 0.429. The average Bonchev–Trinajstić information content (AvgIpc) is 2.99. The molecule has 1 saturated carbocycles. The third-order valence-corrected chi connectivity index (χ3v) is 5.04. The highest BCUT2D eigenvalue weighted by Crippen LogP contribution is 2.34. The molecule has 1 aromatic heterocycles. The SMILES string of the molecule is CN[C@@H]1CCN(c2nc(C3CCCCC3)nc(N)c2C)C1. The molecule has 5 nitrogen and oxygen atoms in total. The second-order valence-corrected chi connectivity index (χ2v) is 6.47. The molecular formula is C16H27N5. The van der Waals surface area contributed by atoms with Crippen LogP contribution in [0.15, 0.2) is 0 Å². The molecule has 3 rings (SSSR count). The fraction of sp³-hybridized carbons (Fsp3) is 0.750. The van der Waals surface area contributed by atoms with Crippen molar-refractivity contribution in [1.82, 2.24) is 15.3 Å². The predicted molar refractivity (Wildman–Crippen MR) is 86.7 cm³/mol. The molecule has 2 fully saturated rings. The van der Waals surface area contributed by atoms with E-state index in [1.807, 2.05) is 14.0 Å². The maximum Gasteiger partial charge on any atom is 0.137 e. The number of nitrogens with two attached hydrogens (primary N) is 1. The molecule has 1 aliphatic heterocycles. The van der Waals surface area contributed by atoms with Gasteiger partial charge in [-0.1, -0.05) is 19.3 Å². The summed E-state index contributed by atoms with van der Waals surface area (Å²) in [6.07, 6.45) is 7.52. The minimum absolute atomic E-state index is 0.503. The zero-order chi connectivity index (χ0) is 14.8. The lowest BCUT2D eigenvalue weighted by Gasteiger charge is -2.25. The number of nitrogens with one attached hydrogen (secondary N) is 1. The van der Waals surface area contributed by atoms with E-state index >= 15 is 0 Å². The number of hydrogen-bond acceptors (Lipinski definition) is 5. The smallest absolute Gasteiger partial charge is 0.137 e. The molecule has 0 unspecified atom stereocenters. The van der Waals surface area contributed by atoms with Crippen molar-refractivity contribution in [2.24, 2.45) is 0 Å². The summed E-state index contributed by atoms with van der Waals surface area (Å²) in [7, 11) is 2.03. The standard InChI is InChI=1S/C16H27N5/c1-11-14(17)19-15(12-6-4-3-5-7-12)20-16(11)21-9-8-13(10-21)18-2/h12-13,18H,3-10H2,1-2H3,(H2,17,19,20)/t13-/m1/s1. The lowest BCUT2D eigenvalue weighted by atomic mass is 9.88. The number of aromatic nitrogens is 2. The Labute approximate surface area is 127 Å². The molecule has 21 heavy (non-hydrogen) atoms.